The topological polar surface area (TPSA) is 331 Å². The third-order valence-electron chi connectivity index (χ3n) is 19.2. The lowest BCUT2D eigenvalue weighted by atomic mass is 9.91. The third-order valence-corrected chi connectivity index (χ3v) is 19.2. The van der Waals surface area contributed by atoms with Gasteiger partial charge in [-0.15, -0.1) is 0 Å². The number of benzene rings is 1. The first-order valence-corrected chi connectivity index (χ1v) is 36.7. The number of methoxy groups -OCH3 is 1. The second-order valence-electron chi connectivity index (χ2n) is 30.9. The fourth-order valence-corrected chi connectivity index (χ4v) is 12.9. The van der Waals surface area contributed by atoms with Crippen LogP contribution >= 0.6 is 0 Å². The zero-order valence-electron chi connectivity index (χ0n) is 67.1. The molecule has 0 aliphatic carbocycles. The molecule has 11 amide bonds. The SMILES string of the molecule is CC=CCC(C)C(O)C1C(=O)NC(CC)C(=O)N(C)CC(=O)N(C)C(CC(C)C)C(=O)NC(C(C)C)C(=O)N(C)C(CC(C)C)C(=O)NC(C)C(=O)NC(C)C(=O)N(C)C(CC(C)C)C(=O)N(C)C(CC(C)C)C(=O)N(C)C(C(C)C)C(=O)N1C.COc1c(C(C)C)oc2cc3oc(=O)ccc3cc12. The molecule has 2 aromatic heterocycles. The molecule has 0 bridgehead atoms. The molecule has 3 aromatic rings. The number of hydrogen-bond acceptors (Lipinski definition) is 16. The number of ether oxygens (including phenoxy) is 1. The van der Waals surface area contributed by atoms with Crippen molar-refractivity contribution < 1.29 is 71.4 Å². The Morgan fingerprint density at radius 1 is 0.519 bits per heavy atom. The monoisotopic (exact) mass is 1460 g/mol. The minimum atomic E-state index is -1.61. The summed E-state index contributed by atoms with van der Waals surface area (Å²) in [6, 6.07) is -5.53. The van der Waals surface area contributed by atoms with Gasteiger partial charge in [0.15, 0.2) is 5.75 Å². The molecular weight excluding hydrogens is 1330 g/mol. The van der Waals surface area contributed by atoms with Gasteiger partial charge in [0.05, 0.1) is 25.1 Å². The highest BCUT2D eigenvalue weighted by atomic mass is 16.5. The van der Waals surface area contributed by atoms with Crippen molar-refractivity contribution in [1.29, 1.82) is 0 Å². The molecule has 1 fully saturated rings. The maximum atomic E-state index is 15.1. The molecule has 3 heterocycles. The molecule has 12 atom stereocenters. The van der Waals surface area contributed by atoms with Crippen LogP contribution in [0.3, 0.4) is 0 Å². The van der Waals surface area contributed by atoms with E-state index in [0.29, 0.717) is 17.6 Å². The standard InChI is InChI=1S/C62H111N11O12.C15H14O4/c1-25-27-28-40(15)52(75)51-56(79)65-43(26-2)58(81)67(18)33-48(74)68(19)44(29-34(3)4)55(78)66-49(38(11)12)61(84)69(20)45(30-35(5)6)54(77)63-41(16)53(76)64-42(17)57(80)70(21)46(31-36(7)8)59(82)71(22)47(32-37(9)10)60(83)72(23)50(39(13)14)62(85)73(51)24;1-8(2)14-15(17-3)10-6-9-4-5-13(16)18-11(9)7-12(10)19-14/h25,27,34-47,49-52,75H,26,28-33H2,1-24H3,(H,63,77)(H,64,76)(H,65,79)(H,66,78);4-8H,1-3H3. The number of aliphatic hydroxyl groups excluding tert-OH is 1. The molecule has 0 spiro atoms. The molecule has 4 rings (SSSR count). The van der Waals surface area contributed by atoms with E-state index in [1.165, 1.54) is 93.7 Å². The van der Waals surface area contributed by atoms with Gasteiger partial charge in [0, 0.05) is 72.8 Å². The molecule has 1 aliphatic rings. The minimum Gasteiger partial charge on any atom is -0.492 e. The number of hydrogen-bond donors (Lipinski definition) is 5. The first-order chi connectivity index (χ1) is 48.3. The van der Waals surface area contributed by atoms with Gasteiger partial charge in [-0.05, 0) is 113 Å². The molecular formula is C77H125N11O16. The first kappa shape index (κ1) is 89.9. The van der Waals surface area contributed by atoms with E-state index in [9.17, 15) is 53.1 Å². The second-order valence-corrected chi connectivity index (χ2v) is 30.9. The van der Waals surface area contributed by atoms with Gasteiger partial charge in [0.25, 0.3) is 0 Å². The lowest BCUT2D eigenvalue weighted by Gasteiger charge is -2.41. The summed E-state index contributed by atoms with van der Waals surface area (Å²) >= 11 is 0. The van der Waals surface area contributed by atoms with Gasteiger partial charge in [-0.3, -0.25) is 52.7 Å². The van der Waals surface area contributed by atoms with Crippen LogP contribution in [0.4, 0.5) is 0 Å². The quantitative estimate of drug-likeness (QED) is 0.0675. The van der Waals surface area contributed by atoms with Crippen molar-refractivity contribution in [3.05, 3.63) is 52.6 Å². The average Bonchev–Trinajstić information content (AvgIpc) is 1.61. The summed E-state index contributed by atoms with van der Waals surface area (Å²) in [6.45, 7) is 33.4. The Morgan fingerprint density at radius 3 is 1.49 bits per heavy atom. The van der Waals surface area contributed by atoms with Gasteiger partial charge in [-0.25, -0.2) is 4.79 Å². The average molecular weight is 1460 g/mol. The Labute approximate surface area is 616 Å². The van der Waals surface area contributed by atoms with Crippen LogP contribution in [0, 0.1) is 41.4 Å². The Balaban J connectivity index is 0.00000125. The van der Waals surface area contributed by atoms with E-state index < -0.39 is 156 Å². The Bertz CT molecular complexity index is 3540. The van der Waals surface area contributed by atoms with E-state index in [1.807, 2.05) is 81.4 Å². The smallest absolute Gasteiger partial charge is 0.336 e. The van der Waals surface area contributed by atoms with E-state index in [0.717, 1.165) is 32.1 Å². The zero-order chi connectivity index (χ0) is 79.5. The number of allylic oxidation sites excluding steroid dienone is 2. The fraction of sp³-hybridized carbons (Fsp3) is 0.688. The van der Waals surface area contributed by atoms with Crippen molar-refractivity contribution in [3.63, 3.8) is 0 Å². The second kappa shape index (κ2) is 40.2. The van der Waals surface area contributed by atoms with Crippen LogP contribution in [0.25, 0.3) is 21.9 Å². The molecule has 0 radical (unpaired) electrons. The highest BCUT2D eigenvalue weighted by Gasteiger charge is 2.46. The van der Waals surface area contributed by atoms with Crippen LogP contribution in [-0.2, 0) is 52.7 Å². The van der Waals surface area contributed by atoms with Gasteiger partial charge >= 0.3 is 5.63 Å². The molecule has 27 nitrogen and oxygen atoms in total. The van der Waals surface area contributed by atoms with E-state index in [-0.39, 0.29) is 67.3 Å². The molecule has 0 saturated carbocycles. The number of nitrogens with zero attached hydrogens (tertiary/aromatic N) is 7. The van der Waals surface area contributed by atoms with Crippen molar-refractivity contribution in [2.45, 2.75) is 243 Å². The number of furan rings is 1. The van der Waals surface area contributed by atoms with Crippen molar-refractivity contribution in [1.82, 2.24) is 55.6 Å². The van der Waals surface area contributed by atoms with Crippen molar-refractivity contribution >= 4 is 86.9 Å². The number of carbonyl (C=O) groups is 11. The molecule has 1 aromatic carbocycles. The lowest BCUT2D eigenvalue weighted by Crippen LogP contribution is -2.63. The van der Waals surface area contributed by atoms with Crippen LogP contribution in [0.15, 0.2) is 50.0 Å². The molecule has 27 heteroatoms. The van der Waals surface area contributed by atoms with Crippen molar-refractivity contribution in [2.75, 3.05) is 63.0 Å². The van der Waals surface area contributed by atoms with E-state index in [4.69, 9.17) is 13.6 Å². The summed E-state index contributed by atoms with van der Waals surface area (Å²) in [6.07, 6.45) is 3.04. The molecule has 1 aliphatic heterocycles. The Kier molecular flexibility index (Phi) is 34.7. The van der Waals surface area contributed by atoms with Gasteiger partial charge in [0.2, 0.25) is 65.0 Å². The van der Waals surface area contributed by atoms with E-state index >= 15 is 9.59 Å². The number of nitrogens with one attached hydrogen (secondary N) is 4. The number of carbonyl (C=O) groups excluding carboxylic acids is 11. The van der Waals surface area contributed by atoms with Crippen LogP contribution in [0.2, 0.25) is 0 Å². The third kappa shape index (κ3) is 23.6. The lowest BCUT2D eigenvalue weighted by molar-refractivity contribution is -0.157. The molecule has 104 heavy (non-hydrogen) atoms. The minimum absolute atomic E-state index is 0.0229. The Hall–Kier alpha value is -8.36. The van der Waals surface area contributed by atoms with Gasteiger partial charge in [-0.2, -0.15) is 0 Å². The van der Waals surface area contributed by atoms with Crippen LogP contribution in [-0.4, -0.2) is 234 Å². The number of aliphatic hydroxyl groups is 1. The van der Waals surface area contributed by atoms with Gasteiger partial charge in [0.1, 0.15) is 77.3 Å². The summed E-state index contributed by atoms with van der Waals surface area (Å²) in [5.74, 6) is -7.94. The molecule has 584 valence electrons. The van der Waals surface area contributed by atoms with Crippen molar-refractivity contribution in [3.8, 4) is 5.75 Å². The summed E-state index contributed by atoms with van der Waals surface area (Å²) in [4.78, 5) is 180. The van der Waals surface area contributed by atoms with Crippen molar-refractivity contribution in [2.24, 2.45) is 41.4 Å². The highest BCUT2D eigenvalue weighted by Crippen LogP contribution is 2.39. The van der Waals surface area contributed by atoms with Gasteiger partial charge < -0.3 is 74.2 Å². The zero-order valence-corrected chi connectivity index (χ0v) is 67.1. The number of likely N-dealkylation sites (N-methyl/N-ethyl adjacent to an activating group) is 7. The summed E-state index contributed by atoms with van der Waals surface area (Å²) in [7, 11) is 11.5. The first-order valence-electron chi connectivity index (χ1n) is 36.7. The Morgan fingerprint density at radius 2 is 1.00 bits per heavy atom. The van der Waals surface area contributed by atoms with E-state index in [2.05, 4.69) is 21.3 Å². The molecule has 12 unspecified atom stereocenters. The largest absolute Gasteiger partial charge is 0.492 e. The van der Waals surface area contributed by atoms with Crippen LogP contribution in [0.1, 0.15) is 182 Å². The normalized spacial score (nSPS) is 24.1. The fourth-order valence-electron chi connectivity index (χ4n) is 12.9. The predicted molar refractivity (Wildman–Crippen MR) is 401 cm³/mol. The highest BCUT2D eigenvalue weighted by molar-refractivity contribution is 6.00. The summed E-state index contributed by atoms with van der Waals surface area (Å²) < 4.78 is 16.4. The van der Waals surface area contributed by atoms with Crippen LogP contribution in [0.5, 0.6) is 5.75 Å². The number of amides is 11. The predicted octanol–water partition coefficient (Wildman–Crippen LogP) is 6.94. The van der Waals surface area contributed by atoms with Gasteiger partial charge in [-0.1, -0.05) is 123 Å². The molecule has 5 N–H and O–H groups in total. The number of fused-ring (bicyclic) bond motifs is 2. The van der Waals surface area contributed by atoms with E-state index in [1.54, 1.807) is 73.8 Å². The number of rotatable bonds is 17. The maximum absolute atomic E-state index is 15.1. The maximum Gasteiger partial charge on any atom is 0.336 e. The summed E-state index contributed by atoms with van der Waals surface area (Å²) in [5.41, 5.74) is 0.823. The molecule has 1 saturated heterocycles. The van der Waals surface area contributed by atoms with Crippen LogP contribution < -0.4 is 31.6 Å². The summed E-state index contributed by atoms with van der Waals surface area (Å²) in [5, 5.41) is 24.8.